The highest BCUT2D eigenvalue weighted by Gasteiger charge is 2.32. The Morgan fingerprint density at radius 1 is 1.48 bits per heavy atom. The van der Waals surface area contributed by atoms with Gasteiger partial charge in [-0.1, -0.05) is 12.1 Å². The van der Waals surface area contributed by atoms with Gasteiger partial charge >= 0.3 is 5.97 Å². The predicted octanol–water partition coefficient (Wildman–Crippen LogP) is 3.07. The van der Waals surface area contributed by atoms with Crippen molar-refractivity contribution in [3.63, 3.8) is 0 Å². The molecule has 0 aliphatic heterocycles. The first-order chi connectivity index (χ1) is 10.2. The Hall–Kier alpha value is -2.39. The molecule has 2 aromatic rings. The molecule has 0 saturated heterocycles. The molecule has 5 nitrogen and oxygen atoms in total. The summed E-state index contributed by atoms with van der Waals surface area (Å²) in [5.41, 5.74) is 2.56. The molecule has 1 aromatic heterocycles. The average molecular weight is 299 g/mol. The van der Waals surface area contributed by atoms with Gasteiger partial charge in [-0.05, 0) is 30.5 Å². The molecule has 1 aliphatic rings. The first-order valence-corrected chi connectivity index (χ1v) is 7.44. The zero-order chi connectivity index (χ0) is 14.8. The molecule has 0 spiro atoms. The third-order valence-corrected chi connectivity index (χ3v) is 4.55. The third kappa shape index (κ3) is 2.73. The van der Waals surface area contributed by atoms with Crippen LogP contribution in [0, 0.1) is 11.3 Å². The number of hydrogen-bond acceptors (Lipinski definition) is 5. The number of aryl methyl sites for hydroxylation is 1. The van der Waals surface area contributed by atoms with Crippen molar-refractivity contribution < 1.29 is 9.90 Å². The number of benzene rings is 1. The van der Waals surface area contributed by atoms with E-state index in [9.17, 15) is 4.79 Å². The normalized spacial score (nSPS) is 16.2. The van der Waals surface area contributed by atoms with Gasteiger partial charge in [0.25, 0.3) is 0 Å². The van der Waals surface area contributed by atoms with Gasteiger partial charge in [0.05, 0.1) is 18.2 Å². The fourth-order valence-corrected chi connectivity index (χ4v) is 3.50. The van der Waals surface area contributed by atoms with Crippen LogP contribution in [0.3, 0.4) is 0 Å². The number of aliphatic carboxylic acids is 1. The number of fused-ring (bicyclic) bond motifs is 1. The molecule has 1 heterocycles. The molecule has 3 rings (SSSR count). The van der Waals surface area contributed by atoms with Crippen LogP contribution < -0.4 is 5.32 Å². The maximum Gasteiger partial charge on any atom is 0.312 e. The minimum Gasteiger partial charge on any atom is -0.481 e. The van der Waals surface area contributed by atoms with E-state index in [1.54, 1.807) is 0 Å². The minimum absolute atomic E-state index is 0.395. The lowest BCUT2D eigenvalue weighted by Gasteiger charge is -2.04. The smallest absolute Gasteiger partial charge is 0.312 e. The number of nitriles is 1. The molecular weight excluding hydrogens is 286 g/mol. The van der Waals surface area contributed by atoms with Gasteiger partial charge < -0.3 is 10.4 Å². The lowest BCUT2D eigenvalue weighted by molar-refractivity contribution is -0.138. The van der Waals surface area contributed by atoms with Crippen molar-refractivity contribution in [2.45, 2.75) is 25.2 Å². The summed E-state index contributed by atoms with van der Waals surface area (Å²) in [6.07, 6.45) is 1.82. The van der Waals surface area contributed by atoms with Crippen molar-refractivity contribution >= 4 is 28.1 Å². The fourth-order valence-electron chi connectivity index (χ4n) is 2.44. The van der Waals surface area contributed by atoms with E-state index >= 15 is 0 Å². The van der Waals surface area contributed by atoms with Crippen LogP contribution in [0.4, 0.5) is 10.8 Å². The number of anilines is 2. The SMILES string of the molecule is N#CCc1ccc(Nc2nc3c(s2)CCC3C(=O)O)cc1. The minimum atomic E-state index is -0.800. The largest absolute Gasteiger partial charge is 0.481 e. The second-order valence-corrected chi connectivity index (χ2v) is 6.00. The molecule has 0 fully saturated rings. The number of carboxylic acid groups (broad SMARTS) is 1. The number of carboxylic acids is 1. The zero-order valence-electron chi connectivity index (χ0n) is 11.2. The number of carbonyl (C=O) groups is 1. The first kappa shape index (κ1) is 13.6. The van der Waals surface area contributed by atoms with Crippen molar-refractivity contribution in [1.82, 2.24) is 4.98 Å². The highest BCUT2D eigenvalue weighted by Crippen LogP contribution is 2.39. The Balaban J connectivity index is 1.76. The molecule has 1 unspecified atom stereocenters. The topological polar surface area (TPSA) is 86.0 Å². The maximum atomic E-state index is 11.1. The second kappa shape index (κ2) is 5.54. The molecule has 1 aliphatic carbocycles. The van der Waals surface area contributed by atoms with E-state index in [1.807, 2.05) is 24.3 Å². The summed E-state index contributed by atoms with van der Waals surface area (Å²) in [6.45, 7) is 0. The highest BCUT2D eigenvalue weighted by atomic mass is 32.1. The quantitative estimate of drug-likeness (QED) is 0.906. The molecular formula is C15H13N3O2S. The molecule has 0 radical (unpaired) electrons. The van der Waals surface area contributed by atoms with Gasteiger partial charge in [-0.3, -0.25) is 4.79 Å². The van der Waals surface area contributed by atoms with E-state index in [0.29, 0.717) is 18.5 Å². The summed E-state index contributed by atoms with van der Waals surface area (Å²) in [6, 6.07) is 9.69. The number of nitrogens with one attached hydrogen (secondary N) is 1. The predicted molar refractivity (Wildman–Crippen MR) is 79.9 cm³/mol. The van der Waals surface area contributed by atoms with Crippen LogP contribution in [0.1, 0.15) is 28.5 Å². The molecule has 2 N–H and O–H groups in total. The molecule has 6 heteroatoms. The van der Waals surface area contributed by atoms with Crippen molar-refractivity contribution in [3.8, 4) is 6.07 Å². The van der Waals surface area contributed by atoms with Crippen LogP contribution in [0.2, 0.25) is 0 Å². The first-order valence-electron chi connectivity index (χ1n) is 6.62. The molecule has 0 bridgehead atoms. The van der Waals surface area contributed by atoms with E-state index in [2.05, 4.69) is 16.4 Å². The summed E-state index contributed by atoms with van der Waals surface area (Å²) in [5, 5.41) is 21.7. The van der Waals surface area contributed by atoms with Gasteiger partial charge in [0.2, 0.25) is 0 Å². The maximum absolute atomic E-state index is 11.1. The number of aromatic nitrogens is 1. The van der Waals surface area contributed by atoms with E-state index in [-0.39, 0.29) is 0 Å². The molecule has 0 saturated carbocycles. The van der Waals surface area contributed by atoms with Gasteiger partial charge in [0.1, 0.15) is 5.92 Å². The molecule has 1 atom stereocenters. The van der Waals surface area contributed by atoms with Gasteiger partial charge in [-0.2, -0.15) is 5.26 Å². The van der Waals surface area contributed by atoms with Crippen molar-refractivity contribution in [3.05, 3.63) is 40.4 Å². The molecule has 0 amide bonds. The Morgan fingerprint density at radius 3 is 2.90 bits per heavy atom. The number of thiazole rings is 1. The summed E-state index contributed by atoms with van der Waals surface area (Å²) >= 11 is 1.51. The van der Waals surface area contributed by atoms with Crippen molar-refractivity contribution in [2.75, 3.05) is 5.32 Å². The lowest BCUT2D eigenvalue weighted by Crippen LogP contribution is -2.08. The summed E-state index contributed by atoms with van der Waals surface area (Å²) in [4.78, 5) is 16.6. The van der Waals surface area contributed by atoms with E-state index in [4.69, 9.17) is 10.4 Å². The monoisotopic (exact) mass is 299 g/mol. The highest BCUT2D eigenvalue weighted by molar-refractivity contribution is 7.15. The Morgan fingerprint density at radius 2 is 2.24 bits per heavy atom. The lowest BCUT2D eigenvalue weighted by atomic mass is 10.1. The zero-order valence-corrected chi connectivity index (χ0v) is 12.0. The Kier molecular flexibility index (Phi) is 3.59. The van der Waals surface area contributed by atoms with E-state index < -0.39 is 11.9 Å². The van der Waals surface area contributed by atoms with Gasteiger partial charge in [-0.15, -0.1) is 11.3 Å². The van der Waals surface area contributed by atoms with E-state index in [1.165, 1.54) is 11.3 Å². The van der Waals surface area contributed by atoms with E-state index in [0.717, 1.165) is 27.7 Å². The number of rotatable bonds is 4. The van der Waals surface area contributed by atoms with Gasteiger partial charge in [-0.25, -0.2) is 4.98 Å². The van der Waals surface area contributed by atoms with Crippen LogP contribution >= 0.6 is 11.3 Å². The van der Waals surface area contributed by atoms with Crippen LogP contribution in [0.25, 0.3) is 0 Å². The van der Waals surface area contributed by atoms with Crippen molar-refractivity contribution in [2.24, 2.45) is 0 Å². The fraction of sp³-hybridized carbons (Fsp3) is 0.267. The van der Waals surface area contributed by atoms with Gasteiger partial charge in [0.15, 0.2) is 5.13 Å². The van der Waals surface area contributed by atoms with Crippen LogP contribution in [-0.4, -0.2) is 16.1 Å². The Labute approximate surface area is 125 Å². The van der Waals surface area contributed by atoms with Crippen molar-refractivity contribution in [1.29, 1.82) is 5.26 Å². The Bertz CT molecular complexity index is 716. The molecule has 1 aromatic carbocycles. The molecule has 21 heavy (non-hydrogen) atoms. The van der Waals surface area contributed by atoms with Crippen LogP contribution in [-0.2, 0) is 17.6 Å². The molecule has 106 valence electrons. The summed E-state index contributed by atoms with van der Waals surface area (Å²) in [7, 11) is 0. The summed E-state index contributed by atoms with van der Waals surface area (Å²) < 4.78 is 0. The number of nitrogens with zero attached hydrogens (tertiary/aromatic N) is 2. The number of hydrogen-bond donors (Lipinski definition) is 2. The average Bonchev–Trinajstić information content (AvgIpc) is 3.00. The van der Waals surface area contributed by atoms with Gasteiger partial charge in [0, 0.05) is 10.6 Å². The summed E-state index contributed by atoms with van der Waals surface area (Å²) in [5.74, 6) is -1.27. The van der Waals surface area contributed by atoms with Crippen LogP contribution in [0.5, 0.6) is 0 Å². The van der Waals surface area contributed by atoms with Crippen LogP contribution in [0.15, 0.2) is 24.3 Å². The second-order valence-electron chi connectivity index (χ2n) is 4.91. The standard InChI is InChI=1S/C15H13N3O2S/c16-8-7-9-1-3-10(4-2-9)17-15-18-13-11(14(19)20)5-6-12(13)21-15/h1-4,11H,5-7H2,(H,17,18)(H,19,20). The third-order valence-electron chi connectivity index (χ3n) is 3.50.